The standard InChI is InChI=1S/C21H23FN6O.ClH/c22-17-2-4-18(5-3-17)27-9-11-28(12-10-27)19-6-1-15(14-24-19)20-25-21(29-26-20)16-7-8-23-13-16;/h1-6,14,16,23H,7-13H2;1H/t16-;/m1./s1. The summed E-state index contributed by atoms with van der Waals surface area (Å²) in [6.45, 7) is 5.36. The number of piperazine rings is 1. The van der Waals surface area contributed by atoms with Crippen molar-refractivity contribution in [2.45, 2.75) is 12.3 Å². The van der Waals surface area contributed by atoms with E-state index in [-0.39, 0.29) is 18.2 Å². The Balaban J connectivity index is 0.00000218. The Morgan fingerprint density at radius 3 is 2.43 bits per heavy atom. The maximum absolute atomic E-state index is 13.1. The predicted octanol–water partition coefficient (Wildman–Crippen LogP) is 3.10. The molecule has 0 radical (unpaired) electrons. The monoisotopic (exact) mass is 430 g/mol. The zero-order valence-electron chi connectivity index (χ0n) is 16.5. The van der Waals surface area contributed by atoms with E-state index in [1.165, 1.54) is 12.1 Å². The number of rotatable bonds is 4. The van der Waals surface area contributed by atoms with Crippen molar-refractivity contribution in [2.75, 3.05) is 49.1 Å². The van der Waals surface area contributed by atoms with Crippen LogP contribution in [0.4, 0.5) is 15.9 Å². The first-order valence-corrected chi connectivity index (χ1v) is 10.0. The molecule has 2 aliphatic rings. The molecule has 2 fully saturated rings. The number of benzene rings is 1. The molecule has 1 N–H and O–H groups in total. The van der Waals surface area contributed by atoms with E-state index in [1.807, 2.05) is 30.5 Å². The van der Waals surface area contributed by atoms with Crippen LogP contribution in [0.3, 0.4) is 0 Å². The minimum absolute atomic E-state index is 0. The van der Waals surface area contributed by atoms with Crippen molar-refractivity contribution in [1.29, 1.82) is 0 Å². The normalized spacial score (nSPS) is 19.0. The third kappa shape index (κ3) is 4.24. The Bertz CT molecular complexity index is 950. The van der Waals surface area contributed by atoms with E-state index in [4.69, 9.17) is 4.52 Å². The molecule has 1 aromatic carbocycles. The van der Waals surface area contributed by atoms with Gasteiger partial charge in [0.15, 0.2) is 0 Å². The van der Waals surface area contributed by atoms with Crippen molar-refractivity contribution in [1.82, 2.24) is 20.4 Å². The molecule has 1 atom stereocenters. The molecule has 158 valence electrons. The Morgan fingerprint density at radius 2 is 1.77 bits per heavy atom. The first kappa shape index (κ1) is 20.6. The van der Waals surface area contributed by atoms with E-state index in [1.54, 1.807) is 0 Å². The van der Waals surface area contributed by atoms with Crippen LogP contribution in [0.5, 0.6) is 0 Å². The largest absolute Gasteiger partial charge is 0.368 e. The molecule has 0 spiro atoms. The fraction of sp³-hybridized carbons (Fsp3) is 0.381. The lowest BCUT2D eigenvalue weighted by Crippen LogP contribution is -2.46. The minimum atomic E-state index is -0.203. The van der Waals surface area contributed by atoms with Crippen LogP contribution in [-0.4, -0.2) is 54.4 Å². The number of hydrogen-bond acceptors (Lipinski definition) is 7. The number of anilines is 2. The van der Waals surface area contributed by atoms with Crippen LogP contribution in [-0.2, 0) is 0 Å². The Hall–Kier alpha value is -2.71. The number of hydrogen-bond donors (Lipinski definition) is 1. The molecule has 0 unspecified atom stereocenters. The maximum Gasteiger partial charge on any atom is 0.231 e. The third-order valence-electron chi connectivity index (χ3n) is 5.65. The van der Waals surface area contributed by atoms with Crippen LogP contribution in [0.2, 0.25) is 0 Å². The highest BCUT2D eigenvalue weighted by Crippen LogP contribution is 2.25. The van der Waals surface area contributed by atoms with Crippen LogP contribution >= 0.6 is 12.4 Å². The molecule has 9 heteroatoms. The van der Waals surface area contributed by atoms with E-state index in [0.717, 1.165) is 62.8 Å². The van der Waals surface area contributed by atoms with Crippen LogP contribution < -0.4 is 15.1 Å². The molecule has 30 heavy (non-hydrogen) atoms. The van der Waals surface area contributed by atoms with Gasteiger partial charge >= 0.3 is 0 Å². The summed E-state index contributed by atoms with van der Waals surface area (Å²) < 4.78 is 18.6. The van der Waals surface area contributed by atoms with E-state index >= 15 is 0 Å². The molecule has 5 rings (SSSR count). The molecular formula is C21H24ClFN6O. The summed E-state index contributed by atoms with van der Waals surface area (Å²) in [7, 11) is 0. The quantitative estimate of drug-likeness (QED) is 0.682. The second-order valence-corrected chi connectivity index (χ2v) is 7.50. The molecule has 0 bridgehead atoms. The molecule has 2 aliphatic heterocycles. The van der Waals surface area contributed by atoms with Crippen LogP contribution in [0.25, 0.3) is 11.4 Å². The average molecular weight is 431 g/mol. The van der Waals surface area contributed by atoms with Gasteiger partial charge in [-0.25, -0.2) is 9.37 Å². The van der Waals surface area contributed by atoms with Crippen molar-refractivity contribution in [3.63, 3.8) is 0 Å². The van der Waals surface area contributed by atoms with Crippen molar-refractivity contribution < 1.29 is 8.91 Å². The molecule has 3 aromatic rings. The number of halogens is 2. The first-order chi connectivity index (χ1) is 14.3. The van der Waals surface area contributed by atoms with Gasteiger partial charge in [-0.15, -0.1) is 12.4 Å². The minimum Gasteiger partial charge on any atom is -0.368 e. The second-order valence-electron chi connectivity index (χ2n) is 7.50. The Labute approximate surface area is 180 Å². The zero-order chi connectivity index (χ0) is 19.6. The van der Waals surface area contributed by atoms with Gasteiger partial charge in [0.05, 0.1) is 5.92 Å². The van der Waals surface area contributed by atoms with Crippen molar-refractivity contribution in [3.8, 4) is 11.4 Å². The number of nitrogens with zero attached hydrogens (tertiary/aromatic N) is 5. The van der Waals surface area contributed by atoms with Gasteiger partial charge in [-0.3, -0.25) is 0 Å². The summed E-state index contributed by atoms with van der Waals surface area (Å²) in [4.78, 5) is 13.7. The van der Waals surface area contributed by atoms with E-state index < -0.39 is 0 Å². The molecule has 2 aromatic heterocycles. The lowest BCUT2D eigenvalue weighted by Gasteiger charge is -2.36. The van der Waals surface area contributed by atoms with Gasteiger partial charge in [-0.1, -0.05) is 5.16 Å². The van der Waals surface area contributed by atoms with Gasteiger partial charge < -0.3 is 19.6 Å². The topological polar surface area (TPSA) is 70.3 Å². The molecular weight excluding hydrogens is 407 g/mol. The van der Waals surface area contributed by atoms with Crippen LogP contribution in [0.15, 0.2) is 47.1 Å². The van der Waals surface area contributed by atoms with Crippen molar-refractivity contribution in [3.05, 3.63) is 54.3 Å². The summed E-state index contributed by atoms with van der Waals surface area (Å²) in [6.07, 6.45) is 2.84. The summed E-state index contributed by atoms with van der Waals surface area (Å²) in [5.41, 5.74) is 1.92. The van der Waals surface area contributed by atoms with Gasteiger partial charge in [0.1, 0.15) is 11.6 Å². The molecule has 0 saturated carbocycles. The maximum atomic E-state index is 13.1. The molecule has 0 aliphatic carbocycles. The SMILES string of the molecule is Cl.Fc1ccc(N2CCN(c3ccc(-c4noc([C@@H]5CCNC5)n4)cn3)CC2)cc1. The fourth-order valence-electron chi connectivity index (χ4n) is 3.93. The zero-order valence-corrected chi connectivity index (χ0v) is 17.3. The Morgan fingerprint density at radius 1 is 1.00 bits per heavy atom. The Kier molecular flexibility index (Phi) is 6.15. The van der Waals surface area contributed by atoms with E-state index in [2.05, 4.69) is 30.2 Å². The highest BCUT2D eigenvalue weighted by atomic mass is 35.5. The lowest BCUT2D eigenvalue weighted by molar-refractivity contribution is 0.359. The molecule has 4 heterocycles. The van der Waals surface area contributed by atoms with Crippen molar-refractivity contribution in [2.24, 2.45) is 0 Å². The highest BCUT2D eigenvalue weighted by Gasteiger charge is 2.23. The first-order valence-electron chi connectivity index (χ1n) is 10.0. The molecule has 7 nitrogen and oxygen atoms in total. The highest BCUT2D eigenvalue weighted by molar-refractivity contribution is 5.85. The fourth-order valence-corrected chi connectivity index (χ4v) is 3.93. The number of aromatic nitrogens is 3. The molecule has 0 amide bonds. The van der Waals surface area contributed by atoms with Gasteiger partial charge in [0.2, 0.25) is 11.7 Å². The summed E-state index contributed by atoms with van der Waals surface area (Å²) >= 11 is 0. The number of pyridine rings is 1. The van der Waals surface area contributed by atoms with Gasteiger partial charge in [0.25, 0.3) is 0 Å². The van der Waals surface area contributed by atoms with Crippen LogP contribution in [0.1, 0.15) is 18.2 Å². The van der Waals surface area contributed by atoms with Crippen LogP contribution in [0, 0.1) is 5.82 Å². The van der Waals surface area contributed by atoms with E-state index in [0.29, 0.717) is 17.6 Å². The average Bonchev–Trinajstić information content (AvgIpc) is 3.47. The second kappa shape index (κ2) is 8.97. The summed E-state index contributed by atoms with van der Waals surface area (Å²) in [5.74, 6) is 2.33. The van der Waals surface area contributed by atoms with E-state index in [9.17, 15) is 4.39 Å². The third-order valence-corrected chi connectivity index (χ3v) is 5.65. The summed E-state index contributed by atoms with van der Waals surface area (Å²) in [6, 6.07) is 10.7. The smallest absolute Gasteiger partial charge is 0.231 e. The van der Waals surface area contributed by atoms with Gasteiger partial charge in [-0.2, -0.15) is 4.98 Å². The number of nitrogens with one attached hydrogen (secondary N) is 1. The predicted molar refractivity (Wildman–Crippen MR) is 116 cm³/mol. The molecule has 2 saturated heterocycles. The van der Waals surface area contributed by atoms with Gasteiger partial charge in [0, 0.05) is 50.2 Å². The lowest BCUT2D eigenvalue weighted by atomic mass is 10.1. The summed E-state index contributed by atoms with van der Waals surface area (Å²) in [5, 5.41) is 7.44. The van der Waals surface area contributed by atoms with Crippen molar-refractivity contribution >= 4 is 23.9 Å². The van der Waals surface area contributed by atoms with Gasteiger partial charge in [-0.05, 0) is 49.4 Å².